The SMILES string of the molecule is [N-]=[N+]=N.[Pt]. The van der Waals surface area contributed by atoms with Crippen molar-refractivity contribution in [3.05, 3.63) is 10.4 Å². The fourth-order valence-corrected chi connectivity index (χ4v) is 0. The number of hydrogen-bond donors (Lipinski definition) is 1. The van der Waals surface area contributed by atoms with Gasteiger partial charge in [-0.25, -0.2) is 0 Å². The Morgan fingerprint density at radius 1 is 1.75 bits per heavy atom. The van der Waals surface area contributed by atoms with E-state index in [1.54, 1.807) is 4.91 Å². The Bertz CT molecular complexity index is 24.3. The van der Waals surface area contributed by atoms with E-state index in [1.165, 1.54) is 0 Å². The van der Waals surface area contributed by atoms with Gasteiger partial charge in [0.05, 0.1) is 0 Å². The van der Waals surface area contributed by atoms with Gasteiger partial charge in [0.25, 0.3) is 0 Å². The maximum absolute atomic E-state index is 6.86. The number of hydrogen-bond acceptors (Lipinski definition) is 1. The van der Waals surface area contributed by atoms with Crippen LogP contribution < -0.4 is 0 Å². The average molecular weight is 238 g/mol. The zero-order valence-electron chi connectivity index (χ0n) is 1.71. The molecule has 0 aromatic carbocycles. The average Bonchev–Trinajstić information content (AvgIpc) is 0.918. The van der Waals surface area contributed by atoms with E-state index in [4.69, 9.17) is 11.1 Å². The molecule has 0 fully saturated rings. The third-order valence-electron chi connectivity index (χ3n) is 0. The first-order valence-corrected chi connectivity index (χ1v) is 0.424. The van der Waals surface area contributed by atoms with Crippen LogP contribution >= 0.6 is 0 Å². The van der Waals surface area contributed by atoms with Crippen molar-refractivity contribution in [3.63, 3.8) is 0 Å². The van der Waals surface area contributed by atoms with Crippen LogP contribution in [0.5, 0.6) is 0 Å². The van der Waals surface area contributed by atoms with Crippen LogP contribution in [0.2, 0.25) is 0 Å². The topological polar surface area (TPSA) is 60.3 Å². The van der Waals surface area contributed by atoms with Gasteiger partial charge in [0.15, 0.2) is 0 Å². The van der Waals surface area contributed by atoms with Crippen LogP contribution in [0.25, 0.3) is 10.4 Å². The summed E-state index contributed by atoms with van der Waals surface area (Å²) in [4.78, 5) is 1.75. The minimum Gasteiger partial charge on any atom is -0.108 e. The van der Waals surface area contributed by atoms with E-state index in [2.05, 4.69) is 0 Å². The van der Waals surface area contributed by atoms with Gasteiger partial charge < -0.3 is 0 Å². The molecule has 0 rings (SSSR count). The van der Waals surface area contributed by atoms with Crippen LogP contribution in [0.3, 0.4) is 0 Å². The van der Waals surface area contributed by atoms with E-state index < -0.39 is 0 Å². The van der Waals surface area contributed by atoms with Crippen molar-refractivity contribution in [2.24, 2.45) is 0 Å². The Balaban J connectivity index is 0. The van der Waals surface area contributed by atoms with Gasteiger partial charge in [-0.05, 0) is 10.4 Å². The fraction of sp³-hybridized carbons (Fsp3) is 0. The zero-order chi connectivity index (χ0) is 2.71. The quantitative estimate of drug-likeness (QED) is 0.370. The van der Waals surface area contributed by atoms with Crippen molar-refractivity contribution in [3.8, 4) is 0 Å². The van der Waals surface area contributed by atoms with Crippen LogP contribution in [0.4, 0.5) is 0 Å². The summed E-state index contributed by atoms with van der Waals surface area (Å²) in [6.07, 6.45) is 0. The van der Waals surface area contributed by atoms with Gasteiger partial charge in [-0.15, -0.1) is 5.53 Å². The van der Waals surface area contributed by atoms with Gasteiger partial charge in [-0.2, -0.15) is 0 Å². The summed E-state index contributed by atoms with van der Waals surface area (Å²) in [7, 11) is 0. The summed E-state index contributed by atoms with van der Waals surface area (Å²) in [5.41, 5.74) is 12.2. The molecule has 0 aliphatic carbocycles. The van der Waals surface area contributed by atoms with Crippen molar-refractivity contribution in [1.82, 2.24) is 0 Å². The standard InChI is InChI=1S/HN3.Pt/c1-3-2;/h1H;. The van der Waals surface area contributed by atoms with Crippen molar-refractivity contribution in [1.29, 1.82) is 5.53 Å². The first kappa shape index (κ1) is 9.00. The Morgan fingerprint density at radius 3 is 1.75 bits per heavy atom. The van der Waals surface area contributed by atoms with Crippen molar-refractivity contribution < 1.29 is 21.1 Å². The summed E-state index contributed by atoms with van der Waals surface area (Å²) in [5, 5.41) is 0. The van der Waals surface area contributed by atoms with E-state index in [1.807, 2.05) is 0 Å². The maximum atomic E-state index is 6.86. The van der Waals surface area contributed by atoms with Gasteiger partial charge >= 0.3 is 0 Å². The summed E-state index contributed by atoms with van der Waals surface area (Å²) in [6, 6.07) is 0. The zero-order valence-corrected chi connectivity index (χ0v) is 3.98. The fourth-order valence-electron chi connectivity index (χ4n) is 0. The molecular formula is HN3Pt. The molecule has 1 N–H and O–H groups in total. The minimum absolute atomic E-state index is 0. The molecule has 0 atom stereocenters. The molecule has 3 nitrogen and oxygen atoms in total. The summed E-state index contributed by atoms with van der Waals surface area (Å²) < 4.78 is 0. The molecule has 0 aliphatic heterocycles. The number of nitrogens with zero attached hydrogens (tertiary/aromatic N) is 2. The van der Waals surface area contributed by atoms with Gasteiger partial charge in [0, 0.05) is 21.1 Å². The minimum atomic E-state index is 0. The smallest absolute Gasteiger partial charge is 0 e. The summed E-state index contributed by atoms with van der Waals surface area (Å²) in [5.74, 6) is 0. The second kappa shape index (κ2) is 12.0. The van der Waals surface area contributed by atoms with Crippen LogP contribution in [0.1, 0.15) is 0 Å². The molecule has 0 aliphatic rings. The van der Waals surface area contributed by atoms with Gasteiger partial charge in [0.1, 0.15) is 0 Å². The third kappa shape index (κ3) is 699000. The third-order valence-corrected chi connectivity index (χ3v) is 0. The Kier molecular flexibility index (Phi) is 27.0. The van der Waals surface area contributed by atoms with E-state index in [0.717, 1.165) is 0 Å². The van der Waals surface area contributed by atoms with E-state index in [-0.39, 0.29) is 21.1 Å². The summed E-state index contributed by atoms with van der Waals surface area (Å²) >= 11 is 0. The Morgan fingerprint density at radius 2 is 1.75 bits per heavy atom. The molecule has 4 heteroatoms. The van der Waals surface area contributed by atoms with Crippen LogP contribution in [-0.4, -0.2) is 0 Å². The molecule has 0 amide bonds. The first-order valence-electron chi connectivity index (χ1n) is 0.424. The van der Waals surface area contributed by atoms with Crippen molar-refractivity contribution >= 4 is 0 Å². The second-order valence-electron chi connectivity index (χ2n) is 0.100. The van der Waals surface area contributed by atoms with E-state index >= 15 is 0 Å². The predicted octanol–water partition coefficient (Wildman–Crippen LogP) is 0.873. The van der Waals surface area contributed by atoms with Crippen LogP contribution in [0, 0.1) is 5.53 Å². The predicted molar refractivity (Wildman–Crippen MR) is 9.44 cm³/mol. The molecule has 0 saturated heterocycles. The molecule has 0 saturated carbocycles. The largest absolute Gasteiger partial charge is 0.108 e. The normalized spacial score (nSPS) is 2.00. The van der Waals surface area contributed by atoms with Crippen LogP contribution in [-0.2, 0) is 21.1 Å². The molecule has 0 aromatic heterocycles. The molecule has 0 bridgehead atoms. The molecular weight excluding hydrogens is 237 g/mol. The maximum Gasteiger partial charge on any atom is 0 e. The van der Waals surface area contributed by atoms with Gasteiger partial charge in [-0.1, -0.05) is 0 Å². The van der Waals surface area contributed by atoms with E-state index in [9.17, 15) is 0 Å². The first-order chi connectivity index (χ1) is 1.41. The van der Waals surface area contributed by atoms with Gasteiger partial charge in [-0.3, -0.25) is 0 Å². The molecule has 0 radical (unpaired) electrons. The van der Waals surface area contributed by atoms with Crippen LogP contribution in [0.15, 0.2) is 0 Å². The molecule has 0 spiro atoms. The molecule has 26 valence electrons. The van der Waals surface area contributed by atoms with E-state index in [0.29, 0.717) is 0 Å². The second-order valence-corrected chi connectivity index (χ2v) is 0.100. The molecule has 0 aromatic rings. The Hall–Kier alpha value is -0.00169. The van der Waals surface area contributed by atoms with Crippen molar-refractivity contribution in [2.45, 2.75) is 0 Å². The summed E-state index contributed by atoms with van der Waals surface area (Å²) in [6.45, 7) is 0. The molecule has 4 heavy (non-hydrogen) atoms. The van der Waals surface area contributed by atoms with Crippen molar-refractivity contribution in [2.75, 3.05) is 0 Å². The molecule has 0 heterocycles. The van der Waals surface area contributed by atoms with Gasteiger partial charge in [0.2, 0.25) is 0 Å². The Labute approximate surface area is 37.7 Å². The number of nitrogens with one attached hydrogen (secondary N) is 1. The molecule has 0 unspecified atom stereocenters. The number of rotatable bonds is 0. The monoisotopic (exact) mass is 238 g/mol.